The number of aryl methyl sites for hydroxylation is 1. The number of rotatable bonds is 5. The number of nitrogens with zero attached hydrogens (tertiary/aromatic N) is 2. The van der Waals surface area contributed by atoms with Crippen LogP contribution in [0, 0.1) is 0 Å². The Bertz CT molecular complexity index is 316. The van der Waals surface area contributed by atoms with Crippen LogP contribution in [0.1, 0.15) is 57.8 Å². The predicted molar refractivity (Wildman–Crippen MR) is 62.3 cm³/mol. The number of aromatic nitrogens is 2. The molecule has 0 radical (unpaired) electrons. The second-order valence-electron chi connectivity index (χ2n) is 4.24. The lowest BCUT2D eigenvalue weighted by molar-refractivity contribution is 0.373. The van der Waals surface area contributed by atoms with E-state index < -0.39 is 0 Å². The SMILES string of the molecule is CCCCc1c(CC)nn(C(C)C)c1O. The lowest BCUT2D eigenvalue weighted by atomic mass is 10.1. The first-order chi connectivity index (χ1) is 7.11. The molecule has 3 heteroatoms. The van der Waals surface area contributed by atoms with Gasteiger partial charge in [0.2, 0.25) is 5.88 Å². The van der Waals surface area contributed by atoms with Crippen molar-refractivity contribution in [1.82, 2.24) is 9.78 Å². The summed E-state index contributed by atoms with van der Waals surface area (Å²) in [6.45, 7) is 8.32. The third kappa shape index (κ3) is 2.52. The average Bonchev–Trinajstić information content (AvgIpc) is 2.52. The van der Waals surface area contributed by atoms with Gasteiger partial charge in [-0.3, -0.25) is 0 Å². The van der Waals surface area contributed by atoms with E-state index in [4.69, 9.17) is 0 Å². The first-order valence-corrected chi connectivity index (χ1v) is 5.91. The summed E-state index contributed by atoms with van der Waals surface area (Å²) >= 11 is 0. The highest BCUT2D eigenvalue weighted by molar-refractivity contribution is 5.31. The monoisotopic (exact) mass is 210 g/mol. The quantitative estimate of drug-likeness (QED) is 0.811. The van der Waals surface area contributed by atoms with E-state index in [2.05, 4.69) is 18.9 Å². The molecule has 1 heterocycles. The number of hydrogen-bond donors (Lipinski definition) is 1. The molecule has 0 amide bonds. The van der Waals surface area contributed by atoms with Crippen LogP contribution < -0.4 is 0 Å². The average molecular weight is 210 g/mol. The first kappa shape index (κ1) is 12.1. The Balaban J connectivity index is 3.00. The highest BCUT2D eigenvalue weighted by Crippen LogP contribution is 2.26. The minimum atomic E-state index is 0.227. The third-order valence-electron chi connectivity index (χ3n) is 2.67. The highest BCUT2D eigenvalue weighted by Gasteiger charge is 2.16. The molecule has 0 fully saturated rings. The van der Waals surface area contributed by atoms with E-state index in [0.717, 1.165) is 36.9 Å². The molecular weight excluding hydrogens is 188 g/mol. The van der Waals surface area contributed by atoms with Gasteiger partial charge in [0.15, 0.2) is 0 Å². The lowest BCUT2D eigenvalue weighted by Crippen LogP contribution is -2.02. The third-order valence-corrected chi connectivity index (χ3v) is 2.67. The van der Waals surface area contributed by atoms with Crippen molar-refractivity contribution in [2.24, 2.45) is 0 Å². The number of unbranched alkanes of at least 4 members (excludes halogenated alkanes) is 1. The summed E-state index contributed by atoms with van der Waals surface area (Å²) in [7, 11) is 0. The summed E-state index contributed by atoms with van der Waals surface area (Å²) in [6, 6.07) is 0.227. The Labute approximate surface area is 92.1 Å². The van der Waals surface area contributed by atoms with Crippen LogP contribution in [0.2, 0.25) is 0 Å². The van der Waals surface area contributed by atoms with Gasteiger partial charge >= 0.3 is 0 Å². The van der Waals surface area contributed by atoms with Crippen LogP contribution >= 0.6 is 0 Å². The van der Waals surface area contributed by atoms with Gasteiger partial charge in [0, 0.05) is 5.56 Å². The zero-order chi connectivity index (χ0) is 11.4. The number of hydrogen-bond acceptors (Lipinski definition) is 2. The van der Waals surface area contributed by atoms with Crippen molar-refractivity contribution in [3.63, 3.8) is 0 Å². The van der Waals surface area contributed by atoms with Crippen molar-refractivity contribution in [2.75, 3.05) is 0 Å². The molecule has 0 aromatic carbocycles. The molecule has 0 saturated carbocycles. The molecule has 1 aromatic rings. The molecule has 0 atom stereocenters. The molecule has 0 aliphatic carbocycles. The Morgan fingerprint density at radius 1 is 1.33 bits per heavy atom. The van der Waals surface area contributed by atoms with E-state index >= 15 is 0 Å². The van der Waals surface area contributed by atoms with Crippen molar-refractivity contribution in [3.05, 3.63) is 11.3 Å². The maximum Gasteiger partial charge on any atom is 0.213 e. The second-order valence-corrected chi connectivity index (χ2v) is 4.24. The minimum Gasteiger partial charge on any atom is -0.493 e. The van der Waals surface area contributed by atoms with Crippen molar-refractivity contribution in [1.29, 1.82) is 0 Å². The smallest absolute Gasteiger partial charge is 0.213 e. The van der Waals surface area contributed by atoms with Crippen molar-refractivity contribution < 1.29 is 5.11 Å². The van der Waals surface area contributed by atoms with Crippen LogP contribution in [0.3, 0.4) is 0 Å². The van der Waals surface area contributed by atoms with Gasteiger partial charge in [-0.25, -0.2) is 4.68 Å². The van der Waals surface area contributed by atoms with Gasteiger partial charge in [-0.15, -0.1) is 0 Å². The fourth-order valence-corrected chi connectivity index (χ4v) is 1.76. The fraction of sp³-hybridized carbons (Fsp3) is 0.750. The molecule has 1 aromatic heterocycles. The summed E-state index contributed by atoms with van der Waals surface area (Å²) in [6.07, 6.45) is 4.10. The summed E-state index contributed by atoms with van der Waals surface area (Å²) in [5.74, 6) is 0.371. The highest BCUT2D eigenvalue weighted by atomic mass is 16.3. The fourth-order valence-electron chi connectivity index (χ4n) is 1.76. The van der Waals surface area contributed by atoms with Gasteiger partial charge in [-0.2, -0.15) is 5.10 Å². The van der Waals surface area contributed by atoms with E-state index in [-0.39, 0.29) is 6.04 Å². The van der Waals surface area contributed by atoms with E-state index in [1.165, 1.54) is 0 Å². The summed E-state index contributed by atoms with van der Waals surface area (Å²) in [5, 5.41) is 14.5. The van der Waals surface area contributed by atoms with Gasteiger partial charge in [-0.05, 0) is 33.1 Å². The standard InChI is InChI=1S/C12H22N2O/c1-5-7-8-10-11(6-2)13-14(9(3)4)12(10)15/h9,15H,5-8H2,1-4H3. The zero-order valence-corrected chi connectivity index (χ0v) is 10.2. The molecule has 0 saturated heterocycles. The van der Waals surface area contributed by atoms with Gasteiger partial charge in [0.25, 0.3) is 0 Å². The Hall–Kier alpha value is -0.990. The maximum absolute atomic E-state index is 10.0. The molecule has 0 unspecified atom stereocenters. The molecule has 0 bridgehead atoms. The summed E-state index contributed by atoms with van der Waals surface area (Å²) in [5.41, 5.74) is 2.10. The van der Waals surface area contributed by atoms with Crippen LogP contribution in [-0.2, 0) is 12.8 Å². The van der Waals surface area contributed by atoms with Gasteiger partial charge in [0.1, 0.15) is 0 Å². The molecule has 86 valence electrons. The van der Waals surface area contributed by atoms with E-state index in [9.17, 15) is 5.11 Å². The van der Waals surface area contributed by atoms with Crippen molar-refractivity contribution >= 4 is 0 Å². The van der Waals surface area contributed by atoms with Gasteiger partial charge in [0.05, 0.1) is 11.7 Å². The lowest BCUT2D eigenvalue weighted by Gasteiger charge is -2.06. The molecular formula is C12H22N2O. The van der Waals surface area contributed by atoms with Crippen LogP contribution in [0.25, 0.3) is 0 Å². The maximum atomic E-state index is 10.0. The molecule has 0 aliphatic heterocycles. The predicted octanol–water partition coefficient (Wildman–Crippen LogP) is 3.07. The van der Waals surface area contributed by atoms with E-state index in [1.807, 2.05) is 13.8 Å². The Kier molecular flexibility index (Phi) is 4.18. The molecule has 0 spiro atoms. The van der Waals surface area contributed by atoms with Crippen LogP contribution in [-0.4, -0.2) is 14.9 Å². The van der Waals surface area contributed by atoms with Crippen molar-refractivity contribution in [2.45, 2.75) is 59.4 Å². The Morgan fingerprint density at radius 3 is 2.47 bits per heavy atom. The van der Waals surface area contributed by atoms with Crippen molar-refractivity contribution in [3.8, 4) is 5.88 Å². The van der Waals surface area contributed by atoms with Crippen LogP contribution in [0.15, 0.2) is 0 Å². The first-order valence-electron chi connectivity index (χ1n) is 5.91. The molecule has 3 nitrogen and oxygen atoms in total. The summed E-state index contributed by atoms with van der Waals surface area (Å²) < 4.78 is 1.73. The van der Waals surface area contributed by atoms with E-state index in [1.54, 1.807) is 4.68 Å². The molecule has 1 rings (SSSR count). The van der Waals surface area contributed by atoms with Crippen LogP contribution in [0.5, 0.6) is 5.88 Å². The van der Waals surface area contributed by atoms with Gasteiger partial charge in [-0.1, -0.05) is 20.3 Å². The minimum absolute atomic E-state index is 0.227. The molecule has 15 heavy (non-hydrogen) atoms. The summed E-state index contributed by atoms with van der Waals surface area (Å²) in [4.78, 5) is 0. The molecule has 1 N–H and O–H groups in total. The van der Waals surface area contributed by atoms with Gasteiger partial charge < -0.3 is 5.11 Å². The normalized spacial score (nSPS) is 11.3. The largest absolute Gasteiger partial charge is 0.493 e. The topological polar surface area (TPSA) is 38.0 Å². The zero-order valence-electron chi connectivity index (χ0n) is 10.2. The molecule has 0 aliphatic rings. The Morgan fingerprint density at radius 2 is 2.00 bits per heavy atom. The van der Waals surface area contributed by atoms with Crippen LogP contribution in [0.4, 0.5) is 0 Å². The van der Waals surface area contributed by atoms with E-state index in [0.29, 0.717) is 5.88 Å². The second kappa shape index (κ2) is 5.19. The number of aromatic hydroxyl groups is 1.